The molecule has 0 amide bonds. The number of aromatic nitrogens is 2. The first-order valence-corrected chi connectivity index (χ1v) is 5.73. The van der Waals surface area contributed by atoms with E-state index in [1.54, 1.807) is 13.3 Å². The lowest BCUT2D eigenvalue weighted by Crippen LogP contribution is -2.03. The molecule has 2 N–H and O–H groups in total. The van der Waals surface area contributed by atoms with E-state index in [-0.39, 0.29) is 0 Å². The molecule has 1 aromatic carbocycles. The fraction of sp³-hybridized carbons (Fsp3) is 0.182. The van der Waals surface area contributed by atoms with Crippen LogP contribution >= 0.6 is 11.9 Å². The van der Waals surface area contributed by atoms with Crippen molar-refractivity contribution in [2.75, 3.05) is 7.11 Å². The molecular weight excluding hydrogens is 222 g/mol. The van der Waals surface area contributed by atoms with E-state index in [1.165, 1.54) is 17.5 Å². The molecule has 16 heavy (non-hydrogen) atoms. The zero-order chi connectivity index (χ0) is 11.4. The maximum Gasteiger partial charge on any atom is 0.118 e. The first kappa shape index (κ1) is 11.0. The first-order valence-electron chi connectivity index (χ1n) is 4.85. The molecule has 5 heteroatoms. The van der Waals surface area contributed by atoms with Crippen LogP contribution in [0.5, 0.6) is 5.75 Å². The van der Waals surface area contributed by atoms with E-state index in [0.29, 0.717) is 0 Å². The van der Waals surface area contributed by atoms with Crippen LogP contribution in [0.15, 0.2) is 41.6 Å². The molecule has 0 unspecified atom stereocenters. The van der Waals surface area contributed by atoms with Crippen LogP contribution in [0.2, 0.25) is 0 Å². The van der Waals surface area contributed by atoms with Crippen molar-refractivity contribution in [1.29, 1.82) is 0 Å². The summed E-state index contributed by atoms with van der Waals surface area (Å²) in [5.74, 6) is 0.859. The third-order valence-corrected chi connectivity index (χ3v) is 2.88. The maximum atomic E-state index is 5.53. The Kier molecular flexibility index (Phi) is 3.48. The Balaban J connectivity index is 2.14. The van der Waals surface area contributed by atoms with E-state index in [2.05, 4.69) is 5.10 Å². The van der Waals surface area contributed by atoms with E-state index in [4.69, 9.17) is 9.88 Å². The van der Waals surface area contributed by atoms with Gasteiger partial charge in [0.1, 0.15) is 10.8 Å². The highest BCUT2D eigenvalue weighted by Gasteiger charge is 2.02. The highest BCUT2D eigenvalue weighted by atomic mass is 32.2. The standard InChI is InChI=1S/C11H13N3OS/c1-15-10-4-2-9(3-5-10)8-14-11(16-12)6-7-13-14/h2-7H,8,12H2,1H3. The number of nitrogens with two attached hydrogens (primary N) is 1. The van der Waals surface area contributed by atoms with Crippen LogP contribution < -0.4 is 9.88 Å². The third kappa shape index (κ3) is 2.37. The number of hydrogen-bond acceptors (Lipinski definition) is 4. The zero-order valence-electron chi connectivity index (χ0n) is 8.96. The average Bonchev–Trinajstić information content (AvgIpc) is 2.77. The highest BCUT2D eigenvalue weighted by molar-refractivity contribution is 7.97. The smallest absolute Gasteiger partial charge is 0.118 e. The van der Waals surface area contributed by atoms with Gasteiger partial charge in [-0.3, -0.25) is 9.82 Å². The van der Waals surface area contributed by atoms with Gasteiger partial charge in [0, 0.05) is 0 Å². The molecule has 0 radical (unpaired) electrons. The number of methoxy groups -OCH3 is 1. The lowest BCUT2D eigenvalue weighted by atomic mass is 10.2. The molecule has 1 heterocycles. The Hall–Kier alpha value is -1.46. The van der Waals surface area contributed by atoms with Gasteiger partial charge in [0.15, 0.2) is 0 Å². The monoisotopic (exact) mass is 235 g/mol. The Bertz CT molecular complexity index is 453. The summed E-state index contributed by atoms with van der Waals surface area (Å²) in [4.78, 5) is 0. The fourth-order valence-electron chi connectivity index (χ4n) is 1.44. The van der Waals surface area contributed by atoms with Crippen molar-refractivity contribution in [2.45, 2.75) is 11.6 Å². The Labute approximate surface area is 98.5 Å². The molecule has 2 rings (SSSR count). The van der Waals surface area contributed by atoms with Crippen LogP contribution in [0.25, 0.3) is 0 Å². The molecule has 0 fully saturated rings. The molecule has 84 valence electrons. The second kappa shape index (κ2) is 5.05. The van der Waals surface area contributed by atoms with Crippen LogP contribution in [0.3, 0.4) is 0 Å². The number of hydrogen-bond donors (Lipinski definition) is 1. The second-order valence-corrected chi connectivity index (χ2v) is 3.95. The topological polar surface area (TPSA) is 53.1 Å². The van der Waals surface area contributed by atoms with Crippen LogP contribution in [0.4, 0.5) is 0 Å². The van der Waals surface area contributed by atoms with Crippen molar-refractivity contribution in [1.82, 2.24) is 9.78 Å². The van der Waals surface area contributed by atoms with Crippen molar-refractivity contribution in [3.05, 3.63) is 42.1 Å². The number of rotatable bonds is 4. The summed E-state index contributed by atoms with van der Waals surface area (Å²) in [5.41, 5.74) is 1.17. The van der Waals surface area contributed by atoms with Crippen molar-refractivity contribution in [3.63, 3.8) is 0 Å². The van der Waals surface area contributed by atoms with Crippen LogP contribution in [0.1, 0.15) is 5.56 Å². The Morgan fingerprint density at radius 1 is 1.31 bits per heavy atom. The van der Waals surface area contributed by atoms with Crippen LogP contribution in [0, 0.1) is 0 Å². The van der Waals surface area contributed by atoms with Gasteiger partial charge < -0.3 is 4.74 Å². The molecule has 0 aliphatic heterocycles. The minimum atomic E-state index is 0.719. The number of benzene rings is 1. The van der Waals surface area contributed by atoms with Gasteiger partial charge in [0.25, 0.3) is 0 Å². The summed E-state index contributed by atoms with van der Waals surface area (Å²) in [5, 5.41) is 10.7. The lowest BCUT2D eigenvalue weighted by Gasteiger charge is -2.06. The molecule has 0 aliphatic rings. The normalized spacial score (nSPS) is 10.4. The summed E-state index contributed by atoms with van der Waals surface area (Å²) in [6, 6.07) is 9.81. The molecule has 0 spiro atoms. The van der Waals surface area contributed by atoms with Gasteiger partial charge >= 0.3 is 0 Å². The summed E-state index contributed by atoms with van der Waals surface area (Å²) in [6.45, 7) is 0.719. The predicted octanol–water partition coefficient (Wildman–Crippen LogP) is 1.91. The molecule has 0 saturated carbocycles. The molecular formula is C11H13N3OS. The molecule has 0 saturated heterocycles. The lowest BCUT2D eigenvalue weighted by molar-refractivity contribution is 0.414. The second-order valence-electron chi connectivity index (χ2n) is 3.29. The third-order valence-electron chi connectivity index (χ3n) is 2.29. The largest absolute Gasteiger partial charge is 0.497 e. The molecule has 0 atom stereocenters. The first-order chi connectivity index (χ1) is 7.83. The van der Waals surface area contributed by atoms with E-state index in [1.807, 2.05) is 35.0 Å². The van der Waals surface area contributed by atoms with Crippen molar-refractivity contribution in [3.8, 4) is 5.75 Å². The molecule has 4 nitrogen and oxygen atoms in total. The van der Waals surface area contributed by atoms with Gasteiger partial charge in [0.05, 0.1) is 19.9 Å². The van der Waals surface area contributed by atoms with E-state index < -0.39 is 0 Å². The maximum absolute atomic E-state index is 5.53. The van der Waals surface area contributed by atoms with Gasteiger partial charge in [-0.25, -0.2) is 0 Å². The summed E-state index contributed by atoms with van der Waals surface area (Å²) < 4.78 is 6.97. The van der Waals surface area contributed by atoms with Gasteiger partial charge in [-0.15, -0.1) is 0 Å². The van der Waals surface area contributed by atoms with E-state index in [9.17, 15) is 0 Å². The van der Waals surface area contributed by atoms with Crippen molar-refractivity contribution < 1.29 is 4.74 Å². The predicted molar refractivity (Wildman–Crippen MR) is 64.4 cm³/mol. The number of nitrogens with zero attached hydrogens (tertiary/aromatic N) is 2. The molecule has 0 aliphatic carbocycles. The van der Waals surface area contributed by atoms with Gasteiger partial charge in [-0.1, -0.05) is 12.1 Å². The van der Waals surface area contributed by atoms with Gasteiger partial charge in [-0.05, 0) is 35.7 Å². The average molecular weight is 235 g/mol. The minimum absolute atomic E-state index is 0.719. The fourth-order valence-corrected chi connectivity index (χ4v) is 1.82. The van der Waals surface area contributed by atoms with E-state index >= 15 is 0 Å². The Morgan fingerprint density at radius 3 is 2.69 bits per heavy atom. The van der Waals surface area contributed by atoms with Gasteiger partial charge in [-0.2, -0.15) is 5.10 Å². The van der Waals surface area contributed by atoms with Crippen LogP contribution in [-0.2, 0) is 6.54 Å². The zero-order valence-corrected chi connectivity index (χ0v) is 9.78. The number of ether oxygens (including phenoxy) is 1. The Morgan fingerprint density at radius 2 is 2.06 bits per heavy atom. The SMILES string of the molecule is COc1ccc(Cn2nccc2SN)cc1. The summed E-state index contributed by atoms with van der Waals surface area (Å²) in [6.07, 6.45) is 1.75. The molecule has 2 aromatic rings. The van der Waals surface area contributed by atoms with Crippen molar-refractivity contribution >= 4 is 11.9 Å². The van der Waals surface area contributed by atoms with Crippen molar-refractivity contribution in [2.24, 2.45) is 5.14 Å². The molecule has 0 bridgehead atoms. The summed E-state index contributed by atoms with van der Waals surface area (Å²) in [7, 11) is 1.66. The quantitative estimate of drug-likeness (QED) is 0.822. The minimum Gasteiger partial charge on any atom is -0.497 e. The molecule has 1 aromatic heterocycles. The van der Waals surface area contributed by atoms with Gasteiger partial charge in [0.2, 0.25) is 0 Å². The highest BCUT2D eigenvalue weighted by Crippen LogP contribution is 2.15. The van der Waals surface area contributed by atoms with Crippen LogP contribution in [-0.4, -0.2) is 16.9 Å². The summed E-state index contributed by atoms with van der Waals surface area (Å²) >= 11 is 1.20. The van der Waals surface area contributed by atoms with E-state index in [0.717, 1.165) is 17.3 Å².